The highest BCUT2D eigenvalue weighted by atomic mass is 16.5. The fraction of sp³-hybridized carbons (Fsp3) is 0.367. The molecular formula is C30H36N4O10. The molecule has 2 aromatic carbocycles. The van der Waals surface area contributed by atoms with Gasteiger partial charge in [-0.2, -0.15) is 0 Å². The normalized spacial score (nSPS) is 12.6. The van der Waals surface area contributed by atoms with Gasteiger partial charge in [-0.3, -0.25) is 28.8 Å². The van der Waals surface area contributed by atoms with E-state index in [9.17, 15) is 38.7 Å². The topological polar surface area (TPSA) is 231 Å². The summed E-state index contributed by atoms with van der Waals surface area (Å²) in [5.74, 6) is -6.88. The first-order chi connectivity index (χ1) is 20.7. The molecule has 0 fully saturated rings. The fourth-order valence-corrected chi connectivity index (χ4v) is 4.24. The van der Waals surface area contributed by atoms with Crippen molar-refractivity contribution in [3.8, 4) is 0 Å². The standard InChI is InChI=1S/C30H36N4O10/c1-4-20(32-29(42)21(12-13-24(36)37)33-27(40)18-10-5-6-11-19(18)31)28(41)34-22(14-25(38)39)23(35)15-44-30(43)26-16(2)8-7-9-17(26)3/h5-11,20-22H,4,12-15,31H2,1-3H3,(H,32,42)(H,33,40)(H,34,41)(H,36,37)(H,38,39)/t20-,21+,22-/m0/s1. The molecule has 44 heavy (non-hydrogen) atoms. The number of hydrogen-bond donors (Lipinski definition) is 6. The van der Waals surface area contributed by atoms with Gasteiger partial charge in [0, 0.05) is 12.1 Å². The Balaban J connectivity index is 2.13. The molecule has 0 bridgehead atoms. The lowest BCUT2D eigenvalue weighted by atomic mass is 10.0. The molecule has 2 aromatic rings. The van der Waals surface area contributed by atoms with E-state index in [1.54, 1.807) is 44.2 Å². The van der Waals surface area contributed by atoms with Gasteiger partial charge in [0.25, 0.3) is 5.91 Å². The van der Waals surface area contributed by atoms with E-state index in [0.717, 1.165) is 0 Å². The third-order valence-electron chi connectivity index (χ3n) is 6.63. The second-order valence-electron chi connectivity index (χ2n) is 9.98. The lowest BCUT2D eigenvalue weighted by Gasteiger charge is -2.24. The second kappa shape index (κ2) is 16.4. The Morgan fingerprint density at radius 3 is 1.95 bits per heavy atom. The van der Waals surface area contributed by atoms with Gasteiger partial charge >= 0.3 is 17.9 Å². The summed E-state index contributed by atoms with van der Waals surface area (Å²) >= 11 is 0. The summed E-state index contributed by atoms with van der Waals surface area (Å²) in [5, 5.41) is 25.5. The van der Waals surface area contributed by atoms with Crippen molar-refractivity contribution in [2.45, 2.75) is 64.6 Å². The Hall–Kier alpha value is -5.27. The number of carboxylic acid groups (broad SMARTS) is 2. The number of nitrogens with two attached hydrogens (primary N) is 1. The van der Waals surface area contributed by atoms with Gasteiger partial charge in [-0.05, 0) is 49.9 Å². The first-order valence-electron chi connectivity index (χ1n) is 13.7. The Morgan fingerprint density at radius 1 is 0.795 bits per heavy atom. The van der Waals surface area contributed by atoms with Gasteiger partial charge in [-0.1, -0.05) is 37.3 Å². The number of esters is 1. The van der Waals surface area contributed by atoms with E-state index in [1.165, 1.54) is 19.1 Å². The molecule has 0 aliphatic rings. The van der Waals surface area contributed by atoms with Crippen LogP contribution >= 0.6 is 0 Å². The molecular weight excluding hydrogens is 576 g/mol. The predicted octanol–water partition coefficient (Wildman–Crippen LogP) is 1.13. The summed E-state index contributed by atoms with van der Waals surface area (Å²) in [4.78, 5) is 86.9. The Morgan fingerprint density at radius 2 is 1.39 bits per heavy atom. The summed E-state index contributed by atoms with van der Waals surface area (Å²) < 4.78 is 5.11. The largest absolute Gasteiger partial charge is 0.481 e. The van der Waals surface area contributed by atoms with Crippen LogP contribution in [0.3, 0.4) is 0 Å². The van der Waals surface area contributed by atoms with E-state index in [2.05, 4.69) is 16.0 Å². The van der Waals surface area contributed by atoms with Crippen molar-refractivity contribution in [3.63, 3.8) is 0 Å². The van der Waals surface area contributed by atoms with Crippen LogP contribution in [0.25, 0.3) is 0 Å². The summed E-state index contributed by atoms with van der Waals surface area (Å²) in [7, 11) is 0. The smallest absolute Gasteiger partial charge is 0.339 e. The van der Waals surface area contributed by atoms with Crippen molar-refractivity contribution >= 4 is 47.1 Å². The van der Waals surface area contributed by atoms with Crippen molar-refractivity contribution in [1.29, 1.82) is 0 Å². The maximum absolute atomic E-state index is 13.1. The molecule has 2 rings (SSSR count). The molecule has 0 radical (unpaired) electrons. The van der Waals surface area contributed by atoms with Gasteiger partial charge in [0.15, 0.2) is 12.4 Å². The van der Waals surface area contributed by atoms with Crippen LogP contribution in [0.4, 0.5) is 5.69 Å². The highest BCUT2D eigenvalue weighted by Crippen LogP contribution is 2.15. The molecule has 0 heterocycles. The average Bonchev–Trinajstić information content (AvgIpc) is 2.95. The summed E-state index contributed by atoms with van der Waals surface area (Å²) in [6, 6.07) is 6.89. The number of Topliss-reactive ketones (excluding diaryl/α,β-unsaturated/α-hetero) is 1. The monoisotopic (exact) mass is 612 g/mol. The zero-order chi connectivity index (χ0) is 33.0. The van der Waals surface area contributed by atoms with Gasteiger partial charge in [0.05, 0.1) is 17.5 Å². The summed E-state index contributed by atoms with van der Waals surface area (Å²) in [6.45, 7) is 4.08. The molecule has 0 aliphatic carbocycles. The SMILES string of the molecule is CC[C@H](NC(=O)[C@@H](CCC(=O)O)NC(=O)c1ccccc1N)C(=O)N[C@@H](CC(=O)O)C(=O)COC(=O)c1c(C)cccc1C. The number of rotatable bonds is 16. The maximum Gasteiger partial charge on any atom is 0.339 e. The van der Waals surface area contributed by atoms with Crippen LogP contribution in [0.1, 0.15) is 64.4 Å². The zero-order valence-electron chi connectivity index (χ0n) is 24.5. The summed E-state index contributed by atoms with van der Waals surface area (Å²) in [6.07, 6.45) is -1.64. The highest BCUT2D eigenvalue weighted by molar-refractivity contribution is 6.02. The van der Waals surface area contributed by atoms with E-state index in [-0.39, 0.29) is 29.7 Å². The van der Waals surface area contributed by atoms with Gasteiger partial charge in [0.1, 0.15) is 18.1 Å². The third kappa shape index (κ3) is 10.2. The molecule has 0 aromatic heterocycles. The number of aliphatic carboxylic acids is 2. The van der Waals surface area contributed by atoms with Crippen LogP contribution in [0, 0.1) is 13.8 Å². The molecule has 236 valence electrons. The zero-order valence-corrected chi connectivity index (χ0v) is 24.5. The molecule has 0 saturated heterocycles. The van der Waals surface area contributed by atoms with E-state index in [4.69, 9.17) is 15.6 Å². The maximum atomic E-state index is 13.1. The quantitative estimate of drug-likeness (QED) is 0.116. The first kappa shape index (κ1) is 34.9. The minimum absolute atomic E-state index is 0.0155. The van der Waals surface area contributed by atoms with Gasteiger partial charge in [-0.25, -0.2) is 4.79 Å². The second-order valence-corrected chi connectivity index (χ2v) is 9.98. The Bertz CT molecular complexity index is 1400. The van der Waals surface area contributed by atoms with Crippen LogP contribution in [0.5, 0.6) is 0 Å². The molecule has 3 amide bonds. The number of carbonyl (C=O) groups is 7. The van der Waals surface area contributed by atoms with E-state index in [1.807, 2.05) is 0 Å². The number of hydrogen-bond acceptors (Lipinski definition) is 9. The van der Waals surface area contributed by atoms with Crippen LogP contribution in [-0.4, -0.2) is 76.4 Å². The number of ketones is 1. The van der Waals surface area contributed by atoms with Crippen LogP contribution in [0.15, 0.2) is 42.5 Å². The molecule has 0 unspecified atom stereocenters. The van der Waals surface area contributed by atoms with Crippen molar-refractivity contribution in [2.75, 3.05) is 12.3 Å². The highest BCUT2D eigenvalue weighted by Gasteiger charge is 2.31. The van der Waals surface area contributed by atoms with Crippen molar-refractivity contribution in [2.24, 2.45) is 0 Å². The average molecular weight is 613 g/mol. The number of carboxylic acids is 2. The molecule has 0 saturated carbocycles. The number of para-hydroxylation sites is 1. The third-order valence-corrected chi connectivity index (χ3v) is 6.63. The molecule has 14 heteroatoms. The van der Waals surface area contributed by atoms with Gasteiger partial charge in [0.2, 0.25) is 11.8 Å². The number of anilines is 1. The Labute approximate surface area is 253 Å². The number of carbonyl (C=O) groups excluding carboxylic acids is 5. The van der Waals surface area contributed by atoms with E-state index in [0.29, 0.717) is 11.1 Å². The summed E-state index contributed by atoms with van der Waals surface area (Å²) in [5.41, 5.74) is 7.49. The van der Waals surface area contributed by atoms with Gasteiger partial charge < -0.3 is 36.6 Å². The minimum atomic E-state index is -1.60. The number of benzene rings is 2. The first-order valence-corrected chi connectivity index (χ1v) is 13.7. The number of ether oxygens (including phenoxy) is 1. The van der Waals surface area contributed by atoms with Crippen LogP contribution in [0.2, 0.25) is 0 Å². The number of aryl methyl sites for hydroxylation is 2. The van der Waals surface area contributed by atoms with Crippen molar-refractivity contribution in [1.82, 2.24) is 16.0 Å². The van der Waals surface area contributed by atoms with Crippen molar-refractivity contribution < 1.29 is 48.5 Å². The molecule has 0 spiro atoms. The number of amides is 3. The fourth-order valence-electron chi connectivity index (χ4n) is 4.24. The molecule has 7 N–H and O–H groups in total. The van der Waals surface area contributed by atoms with Crippen LogP contribution < -0.4 is 21.7 Å². The molecule has 3 atom stereocenters. The molecule has 0 aliphatic heterocycles. The lowest BCUT2D eigenvalue weighted by Crippen LogP contribution is -2.56. The van der Waals surface area contributed by atoms with Crippen molar-refractivity contribution in [3.05, 3.63) is 64.7 Å². The predicted molar refractivity (Wildman–Crippen MR) is 157 cm³/mol. The minimum Gasteiger partial charge on any atom is -0.481 e. The Kier molecular flexibility index (Phi) is 13.0. The number of nitrogen functional groups attached to an aromatic ring is 1. The van der Waals surface area contributed by atoms with E-state index < -0.39 is 79.0 Å². The molecule has 14 nitrogen and oxygen atoms in total. The van der Waals surface area contributed by atoms with Crippen LogP contribution in [-0.2, 0) is 28.7 Å². The number of nitrogens with one attached hydrogen (secondary N) is 3. The van der Waals surface area contributed by atoms with Gasteiger partial charge in [-0.15, -0.1) is 0 Å². The van der Waals surface area contributed by atoms with E-state index >= 15 is 0 Å². The lowest BCUT2D eigenvalue weighted by molar-refractivity contribution is -0.141.